The fourth-order valence-electron chi connectivity index (χ4n) is 1.61. The van der Waals surface area contributed by atoms with Crippen molar-refractivity contribution < 1.29 is 0 Å². The first kappa shape index (κ1) is 17.2. The summed E-state index contributed by atoms with van der Waals surface area (Å²) >= 11 is 3.35. The van der Waals surface area contributed by atoms with Gasteiger partial charge in [-0.25, -0.2) is 9.97 Å². The van der Waals surface area contributed by atoms with Gasteiger partial charge >= 0.3 is 0 Å². The van der Waals surface area contributed by atoms with Crippen LogP contribution < -0.4 is 0 Å². The van der Waals surface area contributed by atoms with Crippen LogP contribution in [-0.2, 0) is 0 Å². The first-order valence-electron chi connectivity index (χ1n) is 5.50. The number of thiazole rings is 2. The van der Waals surface area contributed by atoms with Crippen LogP contribution in [0.4, 0.5) is 0 Å². The second kappa shape index (κ2) is 8.46. The normalized spacial score (nSPS) is 9.20. The number of hydrogen-bond acceptors (Lipinski definition) is 4. The van der Waals surface area contributed by atoms with Crippen molar-refractivity contribution in [3.8, 4) is 0 Å². The van der Waals surface area contributed by atoms with Crippen molar-refractivity contribution in [2.45, 2.75) is 0 Å². The van der Waals surface area contributed by atoms with Crippen LogP contribution in [0.3, 0.4) is 0 Å². The summed E-state index contributed by atoms with van der Waals surface area (Å²) in [7, 11) is 0. The van der Waals surface area contributed by atoms with Gasteiger partial charge in [0.05, 0.1) is 31.5 Å². The van der Waals surface area contributed by atoms with E-state index in [-0.39, 0.29) is 34.0 Å². The molecule has 104 valence electrons. The molecule has 0 bridgehead atoms. The molecule has 0 unspecified atom stereocenters. The predicted molar refractivity (Wildman–Crippen MR) is 99.9 cm³/mol. The van der Waals surface area contributed by atoms with Crippen molar-refractivity contribution in [1.82, 2.24) is 9.97 Å². The zero-order valence-electron chi connectivity index (χ0n) is 10.3. The Kier molecular flexibility index (Phi) is 7.29. The fourth-order valence-corrected chi connectivity index (χ4v) is 2.96. The van der Waals surface area contributed by atoms with Crippen molar-refractivity contribution in [3.63, 3.8) is 0 Å². The summed E-state index contributed by atoms with van der Waals surface area (Å²) in [5.74, 6) is 0. The van der Waals surface area contributed by atoms with Gasteiger partial charge in [-0.15, -0.1) is 56.6 Å². The lowest BCUT2D eigenvalue weighted by Gasteiger charge is -1.80. The van der Waals surface area contributed by atoms with Crippen LogP contribution in [0.2, 0.25) is 0 Å². The van der Waals surface area contributed by atoms with Crippen molar-refractivity contribution in [3.05, 3.63) is 59.6 Å². The molecule has 2 nitrogen and oxygen atoms in total. The Morgan fingerprint density at radius 3 is 1.40 bits per heavy atom. The summed E-state index contributed by atoms with van der Waals surface area (Å²) in [6, 6.07) is 16.3. The first-order valence-corrected chi connectivity index (χ1v) is 7.26. The first-order chi connectivity index (χ1) is 8.93. The van der Waals surface area contributed by atoms with Crippen molar-refractivity contribution >= 4 is 77.1 Å². The van der Waals surface area contributed by atoms with Crippen LogP contribution in [0.5, 0.6) is 0 Å². The van der Waals surface area contributed by atoms with E-state index in [1.54, 1.807) is 22.7 Å². The van der Waals surface area contributed by atoms with Gasteiger partial charge in [0, 0.05) is 0 Å². The average molecular weight is 432 g/mol. The summed E-state index contributed by atoms with van der Waals surface area (Å²) < 4.78 is 2.52. The molecule has 0 aliphatic heterocycles. The Balaban J connectivity index is 0.000000182. The zero-order valence-corrected chi connectivity index (χ0v) is 15.4. The molecule has 2 aromatic carbocycles. The molecule has 0 radical (unpaired) electrons. The summed E-state index contributed by atoms with van der Waals surface area (Å²) in [6.45, 7) is 0. The third-order valence-corrected chi connectivity index (χ3v) is 4.09. The van der Waals surface area contributed by atoms with Crippen LogP contribution in [0.1, 0.15) is 0 Å². The van der Waals surface area contributed by atoms with Gasteiger partial charge in [0.15, 0.2) is 0 Å². The molecule has 2 aromatic heterocycles. The Morgan fingerprint density at radius 2 is 1.00 bits per heavy atom. The molecule has 4 rings (SSSR count). The summed E-state index contributed by atoms with van der Waals surface area (Å²) in [5, 5.41) is 0. The highest BCUT2D eigenvalue weighted by molar-refractivity contribution is 8.93. The minimum absolute atomic E-state index is 0. The fraction of sp³-hybridized carbons (Fsp3) is 0. The Labute approximate surface area is 146 Å². The van der Waals surface area contributed by atoms with Crippen LogP contribution >= 0.6 is 56.6 Å². The average Bonchev–Trinajstić information content (AvgIpc) is 3.08. The maximum atomic E-state index is 4.14. The van der Waals surface area contributed by atoms with Crippen LogP contribution in [0.25, 0.3) is 20.4 Å². The van der Waals surface area contributed by atoms with Gasteiger partial charge in [-0.3, -0.25) is 0 Å². The standard InChI is InChI=1S/2C7H5NS.2BrH/c2*1-2-4-7-6(3-1)8-5-9-7;;/h2*1-5H;2*1H. The molecule has 20 heavy (non-hydrogen) atoms. The number of para-hydroxylation sites is 2. The maximum absolute atomic E-state index is 4.14. The van der Waals surface area contributed by atoms with E-state index < -0.39 is 0 Å². The maximum Gasteiger partial charge on any atom is 0.0812 e. The number of benzene rings is 2. The van der Waals surface area contributed by atoms with E-state index in [2.05, 4.69) is 22.1 Å². The highest BCUT2D eigenvalue weighted by atomic mass is 79.9. The molecule has 0 fully saturated rings. The molecule has 0 N–H and O–H groups in total. The summed E-state index contributed by atoms with van der Waals surface area (Å²) in [4.78, 5) is 8.27. The van der Waals surface area contributed by atoms with Crippen LogP contribution in [0.15, 0.2) is 59.6 Å². The quantitative estimate of drug-likeness (QED) is 0.354. The topological polar surface area (TPSA) is 25.8 Å². The molecule has 0 amide bonds. The summed E-state index contributed by atoms with van der Waals surface area (Å²) in [6.07, 6.45) is 0. The zero-order chi connectivity index (χ0) is 12.2. The third-order valence-electron chi connectivity index (χ3n) is 2.47. The van der Waals surface area contributed by atoms with Crippen molar-refractivity contribution in [1.29, 1.82) is 0 Å². The van der Waals surface area contributed by atoms with Crippen LogP contribution in [-0.4, -0.2) is 9.97 Å². The van der Waals surface area contributed by atoms with E-state index in [0.717, 1.165) is 11.0 Å². The van der Waals surface area contributed by atoms with Gasteiger partial charge in [0.25, 0.3) is 0 Å². The number of hydrogen-bond donors (Lipinski definition) is 0. The van der Waals surface area contributed by atoms with Gasteiger partial charge in [-0.2, -0.15) is 0 Å². The van der Waals surface area contributed by atoms with Gasteiger partial charge in [-0.1, -0.05) is 24.3 Å². The van der Waals surface area contributed by atoms with Gasteiger partial charge < -0.3 is 0 Å². The highest BCUT2D eigenvalue weighted by Gasteiger charge is 1.90. The lowest BCUT2D eigenvalue weighted by atomic mass is 10.3. The molecule has 2 heterocycles. The Hall–Kier alpha value is -0.820. The van der Waals surface area contributed by atoms with E-state index in [0.29, 0.717) is 0 Å². The van der Waals surface area contributed by atoms with Crippen LogP contribution in [0, 0.1) is 0 Å². The number of rotatable bonds is 0. The molecule has 6 heteroatoms. The lowest BCUT2D eigenvalue weighted by molar-refractivity contribution is 1.50. The smallest absolute Gasteiger partial charge is 0.0812 e. The Bertz CT molecular complexity index is 641. The Morgan fingerprint density at radius 1 is 0.600 bits per heavy atom. The molecule has 0 atom stereocenters. The van der Waals surface area contributed by atoms with E-state index in [9.17, 15) is 0 Å². The number of nitrogens with zero attached hydrogens (tertiary/aromatic N) is 2. The van der Waals surface area contributed by atoms with Gasteiger partial charge in [-0.05, 0) is 24.3 Å². The van der Waals surface area contributed by atoms with E-state index in [1.165, 1.54) is 9.40 Å². The third kappa shape index (κ3) is 4.09. The molecule has 0 spiro atoms. The lowest BCUT2D eigenvalue weighted by Crippen LogP contribution is -1.61. The largest absolute Gasteiger partial charge is 0.245 e. The molecular weight excluding hydrogens is 420 g/mol. The highest BCUT2D eigenvalue weighted by Crippen LogP contribution is 2.16. The molecule has 0 aliphatic carbocycles. The molecule has 0 saturated carbocycles. The van der Waals surface area contributed by atoms with E-state index >= 15 is 0 Å². The van der Waals surface area contributed by atoms with Crippen molar-refractivity contribution in [2.75, 3.05) is 0 Å². The van der Waals surface area contributed by atoms with Gasteiger partial charge in [0.2, 0.25) is 0 Å². The summed E-state index contributed by atoms with van der Waals surface area (Å²) in [5.41, 5.74) is 5.93. The van der Waals surface area contributed by atoms with Gasteiger partial charge in [0.1, 0.15) is 0 Å². The molecular formula is C14H12Br2N2S2. The second-order valence-corrected chi connectivity index (χ2v) is 5.41. The molecule has 0 saturated heterocycles. The molecule has 0 aliphatic rings. The second-order valence-electron chi connectivity index (χ2n) is 3.64. The van der Waals surface area contributed by atoms with E-state index in [1.807, 2.05) is 47.4 Å². The SMILES string of the molecule is Br.Br.c1ccc2scnc2c1.c1ccc2scnc2c1. The molecule has 4 aromatic rings. The monoisotopic (exact) mass is 430 g/mol. The minimum Gasteiger partial charge on any atom is -0.245 e. The number of halogens is 2. The predicted octanol–water partition coefficient (Wildman–Crippen LogP) is 5.75. The minimum atomic E-state index is 0. The number of fused-ring (bicyclic) bond motifs is 2. The van der Waals surface area contributed by atoms with Crippen molar-refractivity contribution in [2.24, 2.45) is 0 Å². The van der Waals surface area contributed by atoms with E-state index in [4.69, 9.17) is 0 Å². The number of aromatic nitrogens is 2.